The van der Waals surface area contributed by atoms with E-state index in [1.807, 2.05) is 43.3 Å². The lowest BCUT2D eigenvalue weighted by atomic mass is 10.2. The zero-order chi connectivity index (χ0) is 15.7. The predicted octanol–water partition coefficient (Wildman–Crippen LogP) is 3.53. The Bertz CT molecular complexity index is 880. The normalized spacial score (nSPS) is 11.0. The van der Waals surface area contributed by atoms with Gasteiger partial charge >= 0.3 is 5.69 Å². The SMILES string of the molecule is CCn1c(=O)n(Cc2cc(Cl)ccc2OC)c2ccccc21. The smallest absolute Gasteiger partial charge is 0.329 e. The number of aryl methyl sites for hydroxylation is 1. The molecule has 0 atom stereocenters. The number of fused-ring (bicyclic) bond motifs is 1. The Morgan fingerprint density at radius 1 is 1.09 bits per heavy atom. The molecule has 0 aliphatic heterocycles. The van der Waals surface area contributed by atoms with Gasteiger partial charge in [0.25, 0.3) is 0 Å². The van der Waals surface area contributed by atoms with E-state index in [-0.39, 0.29) is 5.69 Å². The molecule has 0 spiro atoms. The molecule has 2 aromatic carbocycles. The number of rotatable bonds is 4. The third kappa shape index (κ3) is 2.40. The maximum Gasteiger partial charge on any atom is 0.329 e. The second kappa shape index (κ2) is 5.89. The maximum atomic E-state index is 12.7. The van der Waals surface area contributed by atoms with Crippen molar-refractivity contribution in [3.05, 3.63) is 63.5 Å². The van der Waals surface area contributed by atoms with Crippen molar-refractivity contribution >= 4 is 22.6 Å². The number of hydrogen-bond acceptors (Lipinski definition) is 2. The molecule has 0 radical (unpaired) electrons. The molecule has 0 unspecified atom stereocenters. The Morgan fingerprint density at radius 2 is 1.77 bits per heavy atom. The van der Waals surface area contributed by atoms with Crippen LogP contribution in [0.5, 0.6) is 5.75 Å². The maximum absolute atomic E-state index is 12.7. The molecule has 0 saturated heterocycles. The van der Waals surface area contributed by atoms with Gasteiger partial charge in [-0.1, -0.05) is 23.7 Å². The van der Waals surface area contributed by atoms with Crippen molar-refractivity contribution in [2.24, 2.45) is 0 Å². The standard InChI is InChI=1S/C17H17ClN2O2/c1-3-19-14-6-4-5-7-15(14)20(17(19)21)11-12-10-13(18)8-9-16(12)22-2/h4-10H,3,11H2,1-2H3. The number of nitrogens with zero attached hydrogens (tertiary/aromatic N) is 2. The molecule has 0 bridgehead atoms. The highest BCUT2D eigenvalue weighted by atomic mass is 35.5. The summed E-state index contributed by atoms with van der Waals surface area (Å²) in [6.45, 7) is 3.03. The van der Waals surface area contributed by atoms with Crippen LogP contribution in [0.3, 0.4) is 0 Å². The average molecular weight is 317 g/mol. The van der Waals surface area contributed by atoms with E-state index in [1.54, 1.807) is 22.3 Å². The molecule has 0 N–H and O–H groups in total. The highest BCUT2D eigenvalue weighted by molar-refractivity contribution is 6.30. The van der Waals surface area contributed by atoms with Gasteiger partial charge < -0.3 is 4.74 Å². The monoisotopic (exact) mass is 316 g/mol. The van der Waals surface area contributed by atoms with Crippen LogP contribution in [0.25, 0.3) is 11.0 Å². The summed E-state index contributed by atoms with van der Waals surface area (Å²) in [6.07, 6.45) is 0. The lowest BCUT2D eigenvalue weighted by Crippen LogP contribution is -2.24. The molecule has 0 amide bonds. The van der Waals surface area contributed by atoms with Gasteiger partial charge in [-0.3, -0.25) is 9.13 Å². The van der Waals surface area contributed by atoms with Gasteiger partial charge in [0.2, 0.25) is 0 Å². The molecule has 0 saturated carbocycles. The highest BCUT2D eigenvalue weighted by Crippen LogP contribution is 2.24. The number of benzene rings is 2. The number of para-hydroxylation sites is 2. The van der Waals surface area contributed by atoms with Gasteiger partial charge in [0, 0.05) is 17.1 Å². The fourth-order valence-corrected chi connectivity index (χ4v) is 2.97. The highest BCUT2D eigenvalue weighted by Gasteiger charge is 2.14. The lowest BCUT2D eigenvalue weighted by molar-refractivity contribution is 0.408. The van der Waals surface area contributed by atoms with Crippen molar-refractivity contribution in [3.8, 4) is 5.75 Å². The van der Waals surface area contributed by atoms with E-state index in [9.17, 15) is 4.79 Å². The molecule has 5 heteroatoms. The molecule has 1 heterocycles. The molecule has 0 fully saturated rings. The van der Waals surface area contributed by atoms with Crippen LogP contribution in [0.15, 0.2) is 47.3 Å². The Labute approximate surface area is 133 Å². The van der Waals surface area contributed by atoms with E-state index < -0.39 is 0 Å². The van der Waals surface area contributed by atoms with Crippen molar-refractivity contribution < 1.29 is 4.74 Å². The van der Waals surface area contributed by atoms with Gasteiger partial charge in [-0.25, -0.2) is 4.79 Å². The van der Waals surface area contributed by atoms with Crippen LogP contribution in [-0.4, -0.2) is 16.2 Å². The van der Waals surface area contributed by atoms with E-state index in [4.69, 9.17) is 16.3 Å². The number of ether oxygens (including phenoxy) is 1. The first-order chi connectivity index (χ1) is 10.7. The van der Waals surface area contributed by atoms with E-state index >= 15 is 0 Å². The van der Waals surface area contributed by atoms with Crippen LogP contribution in [-0.2, 0) is 13.1 Å². The molecule has 0 aliphatic carbocycles. The van der Waals surface area contributed by atoms with E-state index in [0.717, 1.165) is 22.3 Å². The third-order valence-corrected chi connectivity index (χ3v) is 4.05. The average Bonchev–Trinajstić information content (AvgIpc) is 2.80. The van der Waals surface area contributed by atoms with Gasteiger partial charge in [0.15, 0.2) is 0 Å². The molecule has 3 aromatic rings. The molecular weight excluding hydrogens is 300 g/mol. The Balaban J connectivity index is 2.18. The van der Waals surface area contributed by atoms with Crippen LogP contribution in [0.4, 0.5) is 0 Å². The molecule has 114 valence electrons. The van der Waals surface area contributed by atoms with E-state index in [0.29, 0.717) is 18.1 Å². The first-order valence-electron chi connectivity index (χ1n) is 7.16. The second-order valence-electron chi connectivity index (χ2n) is 5.06. The summed E-state index contributed by atoms with van der Waals surface area (Å²) in [6, 6.07) is 13.2. The minimum Gasteiger partial charge on any atom is -0.496 e. The number of aromatic nitrogens is 2. The first-order valence-corrected chi connectivity index (χ1v) is 7.54. The van der Waals surface area contributed by atoms with Crippen LogP contribution in [0.1, 0.15) is 12.5 Å². The van der Waals surface area contributed by atoms with Gasteiger partial charge in [0.05, 0.1) is 24.7 Å². The molecule has 1 aromatic heterocycles. The molecular formula is C17H17ClN2O2. The largest absolute Gasteiger partial charge is 0.496 e. The number of hydrogen-bond donors (Lipinski definition) is 0. The van der Waals surface area contributed by atoms with Gasteiger partial charge in [0.1, 0.15) is 5.75 Å². The molecule has 3 rings (SSSR count). The number of imidazole rings is 1. The van der Waals surface area contributed by atoms with Crippen LogP contribution in [0.2, 0.25) is 5.02 Å². The Kier molecular flexibility index (Phi) is 3.94. The fraction of sp³-hybridized carbons (Fsp3) is 0.235. The van der Waals surface area contributed by atoms with Crippen LogP contribution < -0.4 is 10.4 Å². The van der Waals surface area contributed by atoms with Gasteiger partial charge in [-0.15, -0.1) is 0 Å². The summed E-state index contributed by atoms with van der Waals surface area (Å²) < 4.78 is 8.90. The summed E-state index contributed by atoms with van der Waals surface area (Å²) >= 11 is 6.08. The predicted molar refractivity (Wildman–Crippen MR) is 89.0 cm³/mol. The zero-order valence-electron chi connectivity index (χ0n) is 12.5. The van der Waals surface area contributed by atoms with Crippen LogP contribution >= 0.6 is 11.6 Å². The zero-order valence-corrected chi connectivity index (χ0v) is 13.3. The summed E-state index contributed by atoms with van der Waals surface area (Å²) in [5.74, 6) is 0.727. The first kappa shape index (κ1) is 14.7. The Morgan fingerprint density at radius 3 is 2.41 bits per heavy atom. The van der Waals surface area contributed by atoms with Crippen molar-refractivity contribution in [2.75, 3.05) is 7.11 Å². The van der Waals surface area contributed by atoms with Crippen molar-refractivity contribution in [2.45, 2.75) is 20.0 Å². The quantitative estimate of drug-likeness (QED) is 0.738. The molecule has 0 aliphatic rings. The fourth-order valence-electron chi connectivity index (χ4n) is 2.77. The van der Waals surface area contributed by atoms with Gasteiger partial charge in [-0.2, -0.15) is 0 Å². The molecule has 22 heavy (non-hydrogen) atoms. The summed E-state index contributed by atoms with van der Waals surface area (Å²) in [5.41, 5.74) is 2.72. The summed E-state index contributed by atoms with van der Waals surface area (Å²) in [7, 11) is 1.62. The van der Waals surface area contributed by atoms with Crippen LogP contribution in [0, 0.1) is 0 Å². The number of methoxy groups -OCH3 is 1. The molecule has 4 nitrogen and oxygen atoms in total. The van der Waals surface area contributed by atoms with E-state index in [2.05, 4.69) is 0 Å². The Hall–Kier alpha value is -2.20. The van der Waals surface area contributed by atoms with Gasteiger partial charge in [-0.05, 0) is 37.3 Å². The van der Waals surface area contributed by atoms with Crippen molar-refractivity contribution in [1.29, 1.82) is 0 Å². The van der Waals surface area contributed by atoms with E-state index in [1.165, 1.54) is 0 Å². The summed E-state index contributed by atoms with van der Waals surface area (Å²) in [4.78, 5) is 12.7. The summed E-state index contributed by atoms with van der Waals surface area (Å²) in [5, 5.41) is 0.628. The minimum atomic E-state index is -0.0225. The van der Waals surface area contributed by atoms with Crippen molar-refractivity contribution in [3.63, 3.8) is 0 Å². The lowest BCUT2D eigenvalue weighted by Gasteiger charge is -2.10. The number of halogens is 1. The minimum absolute atomic E-state index is 0.0225. The topological polar surface area (TPSA) is 36.2 Å². The van der Waals surface area contributed by atoms with Crippen molar-refractivity contribution in [1.82, 2.24) is 9.13 Å². The second-order valence-corrected chi connectivity index (χ2v) is 5.49. The third-order valence-electron chi connectivity index (χ3n) is 3.81.